The first-order valence-corrected chi connectivity index (χ1v) is 8.30. The second kappa shape index (κ2) is 8.78. The van der Waals surface area contributed by atoms with Crippen LogP contribution in [0.3, 0.4) is 0 Å². The topological polar surface area (TPSA) is 81.4 Å². The highest BCUT2D eigenvalue weighted by atomic mass is 19.4. The van der Waals surface area contributed by atoms with Crippen LogP contribution in [0.5, 0.6) is 0 Å². The summed E-state index contributed by atoms with van der Waals surface area (Å²) in [6, 6.07) is 3.24. The van der Waals surface area contributed by atoms with Crippen LogP contribution in [-0.4, -0.2) is 92.0 Å². The number of guanidine groups is 1. The molecule has 1 saturated heterocycles. The lowest BCUT2D eigenvalue weighted by Crippen LogP contribution is -2.55. The highest BCUT2D eigenvalue weighted by Gasteiger charge is 2.31. The van der Waals surface area contributed by atoms with Gasteiger partial charge in [-0.05, 0) is 12.1 Å². The van der Waals surface area contributed by atoms with E-state index in [1.807, 2.05) is 4.90 Å². The standard InChI is InChI=1S/C16H22F3N5O3/c1-20-15(21-10-13(25)22(2)11-16(17,18)19)24-7-5-23(6-8-24)14(26)12-4-3-9-27-12/h3-4,9H,5-8,10-11H2,1-2H3,(H,20,21). The van der Waals surface area contributed by atoms with Gasteiger partial charge in [-0.3, -0.25) is 14.6 Å². The second-order valence-electron chi connectivity index (χ2n) is 6.02. The highest BCUT2D eigenvalue weighted by Crippen LogP contribution is 2.15. The van der Waals surface area contributed by atoms with Gasteiger partial charge in [-0.1, -0.05) is 0 Å². The lowest BCUT2D eigenvalue weighted by atomic mass is 10.3. The summed E-state index contributed by atoms with van der Waals surface area (Å²) in [5, 5.41) is 2.77. The first-order valence-electron chi connectivity index (χ1n) is 8.30. The van der Waals surface area contributed by atoms with Crippen molar-refractivity contribution in [2.24, 2.45) is 4.99 Å². The average molecular weight is 389 g/mol. The molecular formula is C16H22F3N5O3. The molecule has 2 amide bonds. The van der Waals surface area contributed by atoms with Gasteiger partial charge in [-0.25, -0.2) is 0 Å². The van der Waals surface area contributed by atoms with E-state index in [-0.39, 0.29) is 18.2 Å². The van der Waals surface area contributed by atoms with E-state index >= 15 is 0 Å². The van der Waals surface area contributed by atoms with Gasteiger partial charge in [-0.2, -0.15) is 13.2 Å². The van der Waals surface area contributed by atoms with Crippen molar-refractivity contribution in [2.75, 3.05) is 53.4 Å². The molecule has 1 aromatic heterocycles. The SMILES string of the molecule is CN=C(NCC(=O)N(C)CC(F)(F)F)N1CCN(C(=O)c2ccco2)CC1. The number of piperazine rings is 1. The van der Waals surface area contributed by atoms with Crippen molar-refractivity contribution < 1.29 is 27.2 Å². The molecule has 0 bridgehead atoms. The molecule has 27 heavy (non-hydrogen) atoms. The minimum absolute atomic E-state index is 0.202. The van der Waals surface area contributed by atoms with Crippen LogP contribution in [0.2, 0.25) is 0 Å². The van der Waals surface area contributed by atoms with E-state index in [9.17, 15) is 22.8 Å². The van der Waals surface area contributed by atoms with Gasteiger partial charge in [0.25, 0.3) is 5.91 Å². The van der Waals surface area contributed by atoms with E-state index in [1.54, 1.807) is 17.0 Å². The summed E-state index contributed by atoms with van der Waals surface area (Å²) < 4.78 is 42.1. The predicted molar refractivity (Wildman–Crippen MR) is 91.2 cm³/mol. The smallest absolute Gasteiger partial charge is 0.406 e. The Morgan fingerprint density at radius 2 is 1.89 bits per heavy atom. The minimum atomic E-state index is -4.44. The number of furan rings is 1. The summed E-state index contributed by atoms with van der Waals surface area (Å²) >= 11 is 0. The summed E-state index contributed by atoms with van der Waals surface area (Å²) in [6.07, 6.45) is -3.01. The van der Waals surface area contributed by atoms with Crippen LogP contribution in [0.4, 0.5) is 13.2 Å². The van der Waals surface area contributed by atoms with Crippen molar-refractivity contribution in [3.05, 3.63) is 24.2 Å². The Hall–Kier alpha value is -2.72. The van der Waals surface area contributed by atoms with E-state index < -0.39 is 18.6 Å². The number of halogens is 3. The summed E-state index contributed by atoms with van der Waals surface area (Å²) in [5.74, 6) is -0.232. The Kier molecular flexibility index (Phi) is 6.70. The molecule has 1 aliphatic heterocycles. The normalized spacial score (nSPS) is 15.7. The number of likely N-dealkylation sites (N-methyl/N-ethyl adjacent to an activating group) is 1. The van der Waals surface area contributed by atoms with Gasteiger partial charge in [0.15, 0.2) is 11.7 Å². The number of carbonyl (C=O) groups excluding carboxylic acids is 2. The van der Waals surface area contributed by atoms with Crippen molar-refractivity contribution in [2.45, 2.75) is 6.18 Å². The fourth-order valence-electron chi connectivity index (χ4n) is 2.66. The van der Waals surface area contributed by atoms with Crippen LogP contribution >= 0.6 is 0 Å². The lowest BCUT2D eigenvalue weighted by molar-refractivity contribution is -0.157. The van der Waals surface area contributed by atoms with Crippen LogP contribution in [0, 0.1) is 0 Å². The molecule has 0 aromatic carbocycles. The monoisotopic (exact) mass is 389 g/mol. The second-order valence-corrected chi connectivity index (χ2v) is 6.02. The molecule has 0 saturated carbocycles. The maximum absolute atomic E-state index is 12.3. The zero-order valence-electron chi connectivity index (χ0n) is 15.1. The minimum Gasteiger partial charge on any atom is -0.459 e. The van der Waals surface area contributed by atoms with E-state index in [4.69, 9.17) is 4.42 Å². The third-order valence-corrected chi connectivity index (χ3v) is 4.05. The van der Waals surface area contributed by atoms with E-state index in [2.05, 4.69) is 10.3 Å². The van der Waals surface area contributed by atoms with E-state index in [0.29, 0.717) is 37.0 Å². The Labute approximate surface area is 154 Å². The number of nitrogens with one attached hydrogen (secondary N) is 1. The van der Waals surface area contributed by atoms with Crippen molar-refractivity contribution in [3.63, 3.8) is 0 Å². The van der Waals surface area contributed by atoms with Gasteiger partial charge in [-0.15, -0.1) is 0 Å². The molecule has 1 N–H and O–H groups in total. The molecule has 1 aliphatic rings. The number of nitrogens with zero attached hydrogens (tertiary/aromatic N) is 4. The number of hydrogen-bond acceptors (Lipinski definition) is 4. The molecule has 1 fully saturated rings. The first kappa shape index (κ1) is 20.6. The lowest BCUT2D eigenvalue weighted by Gasteiger charge is -2.36. The Morgan fingerprint density at radius 1 is 1.26 bits per heavy atom. The Balaban J connectivity index is 1.81. The third kappa shape index (κ3) is 5.90. The van der Waals surface area contributed by atoms with Gasteiger partial charge in [0, 0.05) is 40.3 Å². The summed E-state index contributed by atoms with van der Waals surface area (Å²) in [7, 11) is 2.62. The Bertz CT molecular complexity index is 667. The predicted octanol–water partition coefficient (Wildman–Crippen LogP) is 0.634. The zero-order chi connectivity index (χ0) is 20.0. The fraction of sp³-hybridized carbons (Fsp3) is 0.562. The molecule has 1 aromatic rings. The number of aliphatic imine (C=N–C) groups is 1. The summed E-state index contributed by atoms with van der Waals surface area (Å²) in [5.41, 5.74) is 0. The van der Waals surface area contributed by atoms with E-state index in [0.717, 1.165) is 7.05 Å². The maximum atomic E-state index is 12.3. The van der Waals surface area contributed by atoms with Crippen molar-refractivity contribution in [1.82, 2.24) is 20.0 Å². The maximum Gasteiger partial charge on any atom is 0.406 e. The number of alkyl halides is 3. The van der Waals surface area contributed by atoms with Gasteiger partial charge in [0.05, 0.1) is 12.8 Å². The summed E-state index contributed by atoms with van der Waals surface area (Å²) in [4.78, 5) is 32.2. The molecule has 0 spiro atoms. The highest BCUT2D eigenvalue weighted by molar-refractivity contribution is 5.92. The van der Waals surface area contributed by atoms with Crippen molar-refractivity contribution in [1.29, 1.82) is 0 Å². The third-order valence-electron chi connectivity index (χ3n) is 4.05. The van der Waals surface area contributed by atoms with Crippen LogP contribution < -0.4 is 5.32 Å². The molecular weight excluding hydrogens is 367 g/mol. The van der Waals surface area contributed by atoms with Crippen LogP contribution in [0.15, 0.2) is 27.8 Å². The molecule has 11 heteroatoms. The zero-order valence-corrected chi connectivity index (χ0v) is 15.1. The largest absolute Gasteiger partial charge is 0.459 e. The molecule has 0 unspecified atom stereocenters. The van der Waals surface area contributed by atoms with Gasteiger partial charge in [0.1, 0.15) is 6.54 Å². The molecule has 0 radical (unpaired) electrons. The number of carbonyl (C=O) groups is 2. The summed E-state index contributed by atoms with van der Waals surface area (Å²) in [6.45, 7) is 0.201. The molecule has 0 aliphatic carbocycles. The fourth-order valence-corrected chi connectivity index (χ4v) is 2.66. The number of amides is 2. The average Bonchev–Trinajstić information content (AvgIpc) is 3.15. The first-order chi connectivity index (χ1) is 12.7. The Morgan fingerprint density at radius 3 is 2.41 bits per heavy atom. The number of hydrogen-bond donors (Lipinski definition) is 1. The van der Waals surface area contributed by atoms with Crippen LogP contribution in [0.25, 0.3) is 0 Å². The van der Waals surface area contributed by atoms with Crippen LogP contribution in [-0.2, 0) is 4.79 Å². The van der Waals surface area contributed by atoms with Crippen LogP contribution in [0.1, 0.15) is 10.6 Å². The molecule has 2 rings (SSSR count). The molecule has 2 heterocycles. The van der Waals surface area contributed by atoms with Crippen molar-refractivity contribution >= 4 is 17.8 Å². The van der Waals surface area contributed by atoms with Gasteiger partial charge < -0.3 is 24.4 Å². The molecule has 0 atom stereocenters. The van der Waals surface area contributed by atoms with E-state index in [1.165, 1.54) is 13.3 Å². The molecule has 8 nitrogen and oxygen atoms in total. The number of rotatable bonds is 4. The van der Waals surface area contributed by atoms with Gasteiger partial charge >= 0.3 is 6.18 Å². The quantitative estimate of drug-likeness (QED) is 0.604. The molecule has 150 valence electrons. The van der Waals surface area contributed by atoms with Gasteiger partial charge in [0.2, 0.25) is 5.91 Å². The van der Waals surface area contributed by atoms with Crippen molar-refractivity contribution in [3.8, 4) is 0 Å².